The average Bonchev–Trinajstić information content (AvgIpc) is 3.43. The summed E-state index contributed by atoms with van der Waals surface area (Å²) in [6, 6.07) is 10.8. The number of H-pyrrole nitrogens is 2. The topological polar surface area (TPSA) is 132 Å². The zero-order valence-electron chi connectivity index (χ0n) is 19.5. The Hall–Kier alpha value is -3.94. The van der Waals surface area contributed by atoms with Gasteiger partial charge >= 0.3 is 5.69 Å². The molecule has 0 saturated carbocycles. The van der Waals surface area contributed by atoms with Gasteiger partial charge in [0.15, 0.2) is 5.65 Å². The number of halogens is 2. The lowest BCUT2D eigenvalue weighted by Crippen LogP contribution is -2.67. The highest BCUT2D eigenvalue weighted by molar-refractivity contribution is 5.75. The quantitative estimate of drug-likeness (QED) is 0.327. The third-order valence-electron chi connectivity index (χ3n) is 7.00. The molecule has 0 aliphatic carbocycles. The average molecular weight is 511 g/mol. The van der Waals surface area contributed by atoms with Crippen molar-refractivity contribution in [2.75, 3.05) is 31.1 Å². The normalized spacial score (nSPS) is 19.4. The minimum Gasteiger partial charge on any atom is -0.361 e. The largest absolute Gasteiger partial charge is 0.361 e. The molecule has 1 unspecified atom stereocenters. The number of ether oxygens (including phenoxy) is 1. The predicted molar refractivity (Wildman–Crippen MR) is 128 cm³/mol. The molecule has 3 aromatic heterocycles. The fraction of sp³-hybridized carbons (Fsp3) is 0.333. The van der Waals surface area contributed by atoms with E-state index in [9.17, 15) is 14.7 Å². The second-order valence-electron chi connectivity index (χ2n) is 9.46. The second-order valence-corrected chi connectivity index (χ2v) is 9.46. The Labute approximate surface area is 208 Å². The number of anilines is 1. The second kappa shape index (κ2) is 8.57. The van der Waals surface area contributed by atoms with Crippen molar-refractivity contribution in [3.63, 3.8) is 0 Å². The van der Waals surface area contributed by atoms with Gasteiger partial charge in [-0.1, -0.05) is 30.3 Å². The van der Waals surface area contributed by atoms with Crippen LogP contribution in [0.3, 0.4) is 0 Å². The van der Waals surface area contributed by atoms with Gasteiger partial charge in [-0.05, 0) is 11.6 Å². The van der Waals surface area contributed by atoms with Gasteiger partial charge in [0.25, 0.3) is 11.5 Å². The van der Waals surface area contributed by atoms with Crippen LogP contribution in [0.2, 0.25) is 0 Å². The summed E-state index contributed by atoms with van der Waals surface area (Å²) in [5.41, 5.74) is -0.795. The van der Waals surface area contributed by atoms with Gasteiger partial charge in [0.05, 0.1) is 29.8 Å². The fourth-order valence-corrected chi connectivity index (χ4v) is 5.05. The third-order valence-corrected chi connectivity index (χ3v) is 7.00. The van der Waals surface area contributed by atoms with Crippen molar-refractivity contribution < 1.29 is 18.6 Å². The van der Waals surface area contributed by atoms with E-state index >= 15 is 8.78 Å². The monoisotopic (exact) mass is 511 g/mol. The van der Waals surface area contributed by atoms with Crippen LogP contribution in [0.4, 0.5) is 14.5 Å². The summed E-state index contributed by atoms with van der Waals surface area (Å²) in [6.07, 6.45) is 2.98. The fourth-order valence-electron chi connectivity index (χ4n) is 5.05. The number of aromatic nitrogens is 5. The molecule has 4 aromatic rings. The van der Waals surface area contributed by atoms with Gasteiger partial charge in [-0.15, -0.1) is 0 Å². The standard InChI is InChI=1S/C24H23F2N7O4/c25-24(26)14-31(11-23(24)12-32(13-23)22(36)37-10-15-4-2-1-3-5-15)18-8-17(30-33-7-6-27-19(18)33)16-9-28-21(35)29-20(16)34/h1-9,22,36H,10-14H2,(H2,28,29,34,35). The smallest absolute Gasteiger partial charge is 0.325 e. The van der Waals surface area contributed by atoms with Crippen molar-refractivity contribution >= 4 is 11.3 Å². The first-order valence-corrected chi connectivity index (χ1v) is 11.6. The molecule has 1 spiro atoms. The molecule has 1 atom stereocenters. The van der Waals surface area contributed by atoms with E-state index < -0.39 is 35.5 Å². The molecule has 1 aromatic carbocycles. The number of nitrogens with one attached hydrogen (secondary N) is 2. The van der Waals surface area contributed by atoms with Crippen LogP contribution in [0.1, 0.15) is 5.56 Å². The first-order valence-electron chi connectivity index (χ1n) is 11.6. The van der Waals surface area contributed by atoms with Crippen LogP contribution >= 0.6 is 0 Å². The van der Waals surface area contributed by atoms with Gasteiger partial charge in [0, 0.05) is 38.2 Å². The summed E-state index contributed by atoms with van der Waals surface area (Å²) in [4.78, 5) is 35.6. The van der Waals surface area contributed by atoms with E-state index in [0.29, 0.717) is 11.3 Å². The van der Waals surface area contributed by atoms with E-state index in [4.69, 9.17) is 4.74 Å². The van der Waals surface area contributed by atoms with Crippen LogP contribution in [0, 0.1) is 5.41 Å². The first kappa shape index (κ1) is 23.5. The van der Waals surface area contributed by atoms with Crippen molar-refractivity contribution in [3.8, 4) is 11.3 Å². The van der Waals surface area contributed by atoms with Crippen LogP contribution < -0.4 is 16.1 Å². The molecule has 13 heteroatoms. The molecule has 2 aliphatic heterocycles. The summed E-state index contributed by atoms with van der Waals surface area (Å²) in [6.45, 7) is -0.482. The van der Waals surface area contributed by atoms with Crippen LogP contribution in [-0.4, -0.2) is 73.1 Å². The number of aliphatic hydroxyl groups is 1. The van der Waals surface area contributed by atoms with E-state index in [-0.39, 0.29) is 37.5 Å². The van der Waals surface area contributed by atoms with Gasteiger partial charge in [-0.2, -0.15) is 5.10 Å². The van der Waals surface area contributed by atoms with Gasteiger partial charge in [-0.3, -0.25) is 14.7 Å². The number of alkyl halides is 2. The number of aromatic amines is 2. The molecular formula is C24H23F2N7O4. The highest BCUT2D eigenvalue weighted by Gasteiger charge is 2.66. The zero-order chi connectivity index (χ0) is 25.8. The molecule has 2 fully saturated rings. The van der Waals surface area contributed by atoms with Crippen LogP contribution in [0.15, 0.2) is 64.6 Å². The lowest BCUT2D eigenvalue weighted by atomic mass is 9.76. The first-order chi connectivity index (χ1) is 17.7. The highest BCUT2D eigenvalue weighted by Crippen LogP contribution is 2.51. The minimum absolute atomic E-state index is 0.00978. The Kier molecular flexibility index (Phi) is 5.44. The number of fused-ring (bicyclic) bond motifs is 1. The predicted octanol–water partition coefficient (Wildman–Crippen LogP) is 1.02. The number of nitrogens with zero attached hydrogens (tertiary/aromatic N) is 5. The summed E-state index contributed by atoms with van der Waals surface area (Å²) in [5.74, 6) is -3.05. The van der Waals surface area contributed by atoms with Crippen molar-refractivity contribution in [2.24, 2.45) is 5.41 Å². The Morgan fingerprint density at radius 3 is 2.68 bits per heavy atom. The number of hydrogen-bond donors (Lipinski definition) is 3. The summed E-state index contributed by atoms with van der Waals surface area (Å²) < 4.78 is 37.7. The summed E-state index contributed by atoms with van der Waals surface area (Å²) in [5, 5.41) is 14.8. The van der Waals surface area contributed by atoms with E-state index in [2.05, 4.69) is 20.1 Å². The molecule has 11 nitrogen and oxygen atoms in total. The molecule has 3 N–H and O–H groups in total. The molecule has 0 radical (unpaired) electrons. The van der Waals surface area contributed by atoms with E-state index in [1.165, 1.54) is 32.8 Å². The van der Waals surface area contributed by atoms with E-state index in [1.54, 1.807) is 6.20 Å². The van der Waals surface area contributed by atoms with Crippen molar-refractivity contribution in [3.05, 3.63) is 81.4 Å². The molecule has 2 aliphatic rings. The van der Waals surface area contributed by atoms with Crippen molar-refractivity contribution in [1.82, 2.24) is 29.5 Å². The molecule has 0 amide bonds. The number of likely N-dealkylation sites (tertiary alicyclic amines) is 1. The van der Waals surface area contributed by atoms with Crippen LogP contribution in [0.25, 0.3) is 16.9 Å². The Balaban J connectivity index is 1.24. The van der Waals surface area contributed by atoms with Gasteiger partial charge in [-0.25, -0.2) is 23.1 Å². The van der Waals surface area contributed by atoms with E-state index in [1.807, 2.05) is 30.3 Å². The summed E-state index contributed by atoms with van der Waals surface area (Å²) in [7, 11) is 0. The Morgan fingerprint density at radius 1 is 1.14 bits per heavy atom. The molecule has 0 bridgehead atoms. The number of imidazole rings is 1. The summed E-state index contributed by atoms with van der Waals surface area (Å²) >= 11 is 0. The SMILES string of the molecule is O=c1[nH]cc(-c2cc(N3CC(F)(F)C4(C3)CN(C(O)OCc3ccccc3)C4)c3nccn3n2)c(=O)[nH]1. The van der Waals surface area contributed by atoms with Crippen molar-refractivity contribution in [1.29, 1.82) is 0 Å². The number of aliphatic hydroxyl groups excluding tert-OH is 1. The number of hydrogen-bond acceptors (Lipinski definition) is 8. The number of benzene rings is 1. The maximum Gasteiger partial charge on any atom is 0.325 e. The van der Waals surface area contributed by atoms with Crippen LogP contribution in [0.5, 0.6) is 0 Å². The lowest BCUT2D eigenvalue weighted by Gasteiger charge is -2.51. The van der Waals surface area contributed by atoms with Crippen LogP contribution in [-0.2, 0) is 11.3 Å². The van der Waals surface area contributed by atoms with E-state index in [0.717, 1.165) is 5.56 Å². The van der Waals surface area contributed by atoms with Crippen molar-refractivity contribution in [2.45, 2.75) is 18.9 Å². The lowest BCUT2D eigenvalue weighted by molar-refractivity contribution is -0.271. The maximum absolute atomic E-state index is 15.4. The zero-order valence-corrected chi connectivity index (χ0v) is 19.5. The molecule has 192 valence electrons. The Bertz CT molecular complexity index is 1560. The highest BCUT2D eigenvalue weighted by atomic mass is 19.3. The molecule has 37 heavy (non-hydrogen) atoms. The minimum atomic E-state index is -3.05. The molecule has 5 heterocycles. The van der Waals surface area contributed by atoms with Gasteiger partial charge < -0.3 is 19.7 Å². The molecular weight excluding hydrogens is 488 g/mol. The Morgan fingerprint density at radius 2 is 1.92 bits per heavy atom. The van der Waals surface area contributed by atoms with Gasteiger partial charge in [0.2, 0.25) is 6.41 Å². The van der Waals surface area contributed by atoms with Gasteiger partial charge in [0.1, 0.15) is 5.69 Å². The third kappa shape index (κ3) is 4.00. The maximum atomic E-state index is 15.4. The molecule has 6 rings (SSSR count). The number of rotatable bonds is 6. The molecule has 2 saturated heterocycles.